The Bertz CT molecular complexity index is 971. The number of aromatic nitrogens is 2. The van der Waals surface area contributed by atoms with E-state index in [-0.39, 0.29) is 5.91 Å². The van der Waals surface area contributed by atoms with Gasteiger partial charge in [0.25, 0.3) is 0 Å². The van der Waals surface area contributed by atoms with E-state index in [0.29, 0.717) is 16.0 Å². The molecule has 0 atom stereocenters. The number of hydrogen-bond donors (Lipinski definition) is 1. The van der Waals surface area contributed by atoms with Crippen LogP contribution in [0.2, 0.25) is 10.0 Å². The number of carbonyl (C=O) groups excluding carboxylic acids is 1. The standard InChI is InChI=1S/C21H19Cl2N3O/c22-16-7-5-14(17(23)13-16)6-8-20(27)26-11-9-15(10-12-26)21-24-18-3-1-2-4-19(18)25-21/h1-8,13,15H,9-12H2,(H,24,25)/b8-6-. The Morgan fingerprint density at radius 1 is 1.15 bits per heavy atom. The van der Waals surface area contributed by atoms with E-state index in [1.165, 1.54) is 0 Å². The van der Waals surface area contributed by atoms with Gasteiger partial charge in [0.05, 0.1) is 11.0 Å². The van der Waals surface area contributed by atoms with Crippen LogP contribution < -0.4 is 0 Å². The van der Waals surface area contributed by atoms with Crippen molar-refractivity contribution in [2.45, 2.75) is 18.8 Å². The van der Waals surface area contributed by atoms with E-state index in [9.17, 15) is 4.79 Å². The minimum absolute atomic E-state index is 0.00377. The Hall–Kier alpha value is -2.30. The highest BCUT2D eigenvalue weighted by Crippen LogP contribution is 2.28. The zero-order valence-corrected chi connectivity index (χ0v) is 16.2. The summed E-state index contributed by atoms with van der Waals surface area (Å²) in [4.78, 5) is 22.5. The number of hydrogen-bond acceptors (Lipinski definition) is 2. The second-order valence-corrected chi connectivity index (χ2v) is 7.58. The molecular weight excluding hydrogens is 381 g/mol. The summed E-state index contributed by atoms with van der Waals surface area (Å²) in [7, 11) is 0. The van der Waals surface area contributed by atoms with E-state index in [0.717, 1.165) is 48.4 Å². The van der Waals surface area contributed by atoms with E-state index < -0.39 is 0 Å². The zero-order chi connectivity index (χ0) is 18.8. The molecule has 6 heteroatoms. The van der Waals surface area contributed by atoms with E-state index in [4.69, 9.17) is 28.2 Å². The first-order valence-corrected chi connectivity index (χ1v) is 9.72. The Morgan fingerprint density at radius 2 is 1.93 bits per heavy atom. The molecule has 1 aliphatic heterocycles. The Labute approximate surface area is 167 Å². The molecule has 3 aromatic rings. The smallest absolute Gasteiger partial charge is 0.246 e. The van der Waals surface area contributed by atoms with Gasteiger partial charge in [-0.15, -0.1) is 0 Å². The molecule has 1 aromatic heterocycles. The van der Waals surface area contributed by atoms with Gasteiger partial charge < -0.3 is 9.88 Å². The molecule has 2 heterocycles. The number of fused-ring (bicyclic) bond motifs is 1. The first-order chi connectivity index (χ1) is 13.1. The van der Waals surface area contributed by atoms with Crippen molar-refractivity contribution in [1.82, 2.24) is 14.9 Å². The summed E-state index contributed by atoms with van der Waals surface area (Å²) < 4.78 is 0. The molecule has 0 radical (unpaired) electrons. The van der Waals surface area contributed by atoms with Crippen LogP contribution >= 0.6 is 23.2 Å². The maximum absolute atomic E-state index is 12.5. The SMILES string of the molecule is O=C(/C=C\c1ccc(Cl)cc1Cl)N1CCC(c2nc3ccccc3[nH]2)CC1. The summed E-state index contributed by atoms with van der Waals surface area (Å²) >= 11 is 12.0. The van der Waals surface area contributed by atoms with Gasteiger partial charge in [-0.1, -0.05) is 41.4 Å². The molecule has 0 bridgehead atoms. The average Bonchev–Trinajstić information content (AvgIpc) is 3.11. The molecule has 0 saturated carbocycles. The van der Waals surface area contributed by atoms with Crippen molar-refractivity contribution >= 4 is 46.2 Å². The molecule has 138 valence electrons. The quantitative estimate of drug-likeness (QED) is 0.608. The second kappa shape index (κ2) is 7.75. The molecule has 1 amide bonds. The Morgan fingerprint density at radius 3 is 2.67 bits per heavy atom. The summed E-state index contributed by atoms with van der Waals surface area (Å²) in [6.07, 6.45) is 5.13. The molecule has 4 rings (SSSR count). The lowest BCUT2D eigenvalue weighted by Crippen LogP contribution is -2.37. The minimum Gasteiger partial charge on any atom is -0.342 e. The maximum Gasteiger partial charge on any atom is 0.246 e. The summed E-state index contributed by atoms with van der Waals surface area (Å²) in [5.74, 6) is 1.38. The molecule has 4 nitrogen and oxygen atoms in total. The average molecular weight is 400 g/mol. The van der Waals surface area contributed by atoms with Crippen LogP contribution in [-0.2, 0) is 4.79 Å². The first kappa shape index (κ1) is 18.1. The van der Waals surface area contributed by atoms with E-state index in [2.05, 4.69) is 4.98 Å². The Balaban J connectivity index is 1.38. The van der Waals surface area contributed by atoms with Crippen LogP contribution in [0, 0.1) is 0 Å². The molecule has 27 heavy (non-hydrogen) atoms. The number of benzene rings is 2. The fraction of sp³-hybridized carbons (Fsp3) is 0.238. The fourth-order valence-electron chi connectivity index (χ4n) is 3.44. The number of amides is 1. The third kappa shape index (κ3) is 4.02. The van der Waals surface area contributed by atoms with E-state index in [1.807, 2.05) is 35.2 Å². The monoisotopic (exact) mass is 399 g/mol. The maximum atomic E-state index is 12.5. The number of nitrogens with zero attached hydrogens (tertiary/aromatic N) is 2. The predicted octanol–water partition coefficient (Wildman–Crippen LogP) is 5.29. The highest BCUT2D eigenvalue weighted by molar-refractivity contribution is 6.35. The molecule has 1 N–H and O–H groups in total. The first-order valence-electron chi connectivity index (χ1n) is 8.97. The second-order valence-electron chi connectivity index (χ2n) is 6.74. The van der Waals surface area contributed by atoms with Gasteiger partial charge in [0.1, 0.15) is 5.82 Å². The number of likely N-dealkylation sites (tertiary alicyclic amines) is 1. The lowest BCUT2D eigenvalue weighted by molar-refractivity contribution is -0.127. The van der Waals surface area contributed by atoms with Gasteiger partial charge in [-0.25, -0.2) is 4.98 Å². The van der Waals surface area contributed by atoms with Gasteiger partial charge in [-0.05, 0) is 48.7 Å². The highest BCUT2D eigenvalue weighted by Gasteiger charge is 2.24. The topological polar surface area (TPSA) is 49.0 Å². The van der Waals surface area contributed by atoms with Gasteiger partial charge in [-0.2, -0.15) is 0 Å². The fourth-order valence-corrected chi connectivity index (χ4v) is 3.91. The van der Waals surface area contributed by atoms with Crippen LogP contribution in [0.25, 0.3) is 17.1 Å². The molecule has 2 aromatic carbocycles. The van der Waals surface area contributed by atoms with Crippen LogP contribution in [0.5, 0.6) is 0 Å². The molecule has 0 spiro atoms. The van der Waals surface area contributed by atoms with Crippen molar-refractivity contribution in [2.75, 3.05) is 13.1 Å². The molecular formula is C21H19Cl2N3O. The van der Waals surface area contributed by atoms with Gasteiger partial charge in [0.15, 0.2) is 0 Å². The minimum atomic E-state index is 0.00377. The van der Waals surface area contributed by atoms with Gasteiger partial charge in [0, 0.05) is 35.1 Å². The number of nitrogens with one attached hydrogen (secondary N) is 1. The molecule has 1 fully saturated rings. The lowest BCUT2D eigenvalue weighted by atomic mass is 9.96. The number of aromatic amines is 1. The van der Waals surface area contributed by atoms with Gasteiger partial charge in [0.2, 0.25) is 5.91 Å². The van der Waals surface area contributed by atoms with Crippen LogP contribution in [0.4, 0.5) is 0 Å². The summed E-state index contributed by atoms with van der Waals surface area (Å²) in [5, 5.41) is 1.12. The van der Waals surface area contributed by atoms with Crippen LogP contribution in [0.15, 0.2) is 48.5 Å². The van der Waals surface area contributed by atoms with E-state index in [1.54, 1.807) is 24.3 Å². The predicted molar refractivity (Wildman–Crippen MR) is 110 cm³/mol. The number of H-pyrrole nitrogens is 1. The lowest BCUT2D eigenvalue weighted by Gasteiger charge is -2.30. The highest BCUT2D eigenvalue weighted by atomic mass is 35.5. The van der Waals surface area contributed by atoms with Crippen molar-refractivity contribution in [3.05, 3.63) is 70.0 Å². The van der Waals surface area contributed by atoms with Gasteiger partial charge in [-0.3, -0.25) is 4.79 Å². The molecule has 1 saturated heterocycles. The normalized spacial score (nSPS) is 15.7. The van der Waals surface area contributed by atoms with Crippen molar-refractivity contribution in [1.29, 1.82) is 0 Å². The zero-order valence-electron chi connectivity index (χ0n) is 14.7. The van der Waals surface area contributed by atoms with Gasteiger partial charge >= 0.3 is 0 Å². The number of para-hydroxylation sites is 2. The van der Waals surface area contributed by atoms with Crippen molar-refractivity contribution in [2.24, 2.45) is 0 Å². The van der Waals surface area contributed by atoms with Crippen molar-refractivity contribution in [3.8, 4) is 0 Å². The van der Waals surface area contributed by atoms with Crippen LogP contribution in [0.3, 0.4) is 0 Å². The van der Waals surface area contributed by atoms with E-state index >= 15 is 0 Å². The number of piperidine rings is 1. The molecule has 0 unspecified atom stereocenters. The summed E-state index contributed by atoms with van der Waals surface area (Å²) in [5.41, 5.74) is 2.84. The van der Waals surface area contributed by atoms with Crippen molar-refractivity contribution in [3.63, 3.8) is 0 Å². The summed E-state index contributed by atoms with van der Waals surface area (Å²) in [6.45, 7) is 1.44. The molecule has 1 aliphatic rings. The third-order valence-corrected chi connectivity index (χ3v) is 5.53. The number of rotatable bonds is 3. The number of carbonyl (C=O) groups is 1. The summed E-state index contributed by atoms with van der Waals surface area (Å²) in [6, 6.07) is 13.3. The number of halogens is 2. The largest absolute Gasteiger partial charge is 0.342 e. The number of imidazole rings is 1. The van der Waals surface area contributed by atoms with Crippen molar-refractivity contribution < 1.29 is 4.79 Å². The third-order valence-electron chi connectivity index (χ3n) is 4.97. The van der Waals surface area contributed by atoms with Crippen LogP contribution in [-0.4, -0.2) is 33.9 Å². The molecule has 0 aliphatic carbocycles. The van der Waals surface area contributed by atoms with Crippen LogP contribution in [0.1, 0.15) is 30.1 Å². The Kier molecular flexibility index (Phi) is 5.19.